The van der Waals surface area contributed by atoms with Gasteiger partial charge in [-0.3, -0.25) is 9.48 Å². The number of hydrogen-bond donors (Lipinski definition) is 1. The number of carbonyl (C=O) groups is 1. The molecule has 1 amide bonds. The maximum Gasteiger partial charge on any atom is 0.273 e. The Labute approximate surface area is 216 Å². The third-order valence-corrected chi connectivity index (χ3v) is 8.15. The Balaban J connectivity index is 0.000000197. The molecule has 2 N–H and O–H groups in total. The molecule has 0 spiro atoms. The van der Waals surface area contributed by atoms with Crippen molar-refractivity contribution in [2.75, 3.05) is 26.3 Å². The molecule has 196 valence electrons. The fraction of sp³-hybridized carbons (Fsp3) is 0.593. The van der Waals surface area contributed by atoms with Gasteiger partial charge < -0.3 is 15.4 Å². The lowest BCUT2D eigenvalue weighted by molar-refractivity contribution is 0.100. The minimum absolute atomic E-state index is 0.392. The van der Waals surface area contributed by atoms with Crippen LogP contribution in [0.1, 0.15) is 66.4 Å². The number of amides is 1. The van der Waals surface area contributed by atoms with Crippen molar-refractivity contribution in [3.05, 3.63) is 40.5 Å². The molecule has 1 aliphatic heterocycles. The molecule has 2 aromatic heterocycles. The van der Waals surface area contributed by atoms with Crippen molar-refractivity contribution in [2.45, 2.75) is 64.4 Å². The van der Waals surface area contributed by atoms with Crippen LogP contribution in [0.4, 0.5) is 4.39 Å². The summed E-state index contributed by atoms with van der Waals surface area (Å²) in [4.78, 5) is 19.5. The van der Waals surface area contributed by atoms with E-state index < -0.39 is 18.7 Å². The van der Waals surface area contributed by atoms with E-state index in [1.165, 1.54) is 55.6 Å². The van der Waals surface area contributed by atoms with E-state index in [2.05, 4.69) is 15.0 Å². The van der Waals surface area contributed by atoms with Gasteiger partial charge in [0.1, 0.15) is 12.8 Å². The van der Waals surface area contributed by atoms with Crippen molar-refractivity contribution in [1.29, 1.82) is 0 Å². The predicted molar refractivity (Wildman–Crippen MR) is 142 cm³/mol. The van der Waals surface area contributed by atoms with E-state index in [0.717, 1.165) is 42.8 Å². The molecule has 5 rings (SSSR count). The normalized spacial score (nSPS) is 17.6. The second kappa shape index (κ2) is 12.6. The lowest BCUT2D eigenvalue weighted by atomic mass is 9.87. The number of nitrogens with zero attached hydrogens (tertiary/aromatic N) is 4. The molecule has 1 saturated carbocycles. The highest BCUT2D eigenvalue weighted by Crippen LogP contribution is 2.30. The van der Waals surface area contributed by atoms with Crippen molar-refractivity contribution in [2.24, 2.45) is 18.7 Å². The van der Waals surface area contributed by atoms with Crippen LogP contribution < -0.4 is 10.5 Å². The van der Waals surface area contributed by atoms with E-state index in [4.69, 9.17) is 10.5 Å². The summed E-state index contributed by atoms with van der Waals surface area (Å²) in [6, 6.07) is 5.32. The van der Waals surface area contributed by atoms with Gasteiger partial charge in [-0.05, 0) is 44.4 Å². The maximum atomic E-state index is 12.6. The minimum atomic E-state index is -0.459. The Kier molecular flexibility index (Phi) is 9.31. The molecule has 1 aliphatic carbocycles. The molecule has 9 heteroatoms. The van der Waals surface area contributed by atoms with Crippen molar-refractivity contribution < 1.29 is 13.9 Å². The number of benzene rings is 1. The number of thiazole rings is 1. The average molecular weight is 516 g/mol. The van der Waals surface area contributed by atoms with Crippen LogP contribution in [0.3, 0.4) is 0 Å². The molecular weight excluding hydrogens is 477 g/mol. The van der Waals surface area contributed by atoms with E-state index in [0.29, 0.717) is 10.8 Å². The van der Waals surface area contributed by atoms with E-state index in [1.54, 1.807) is 41.3 Å². The highest BCUT2D eigenvalue weighted by molar-refractivity contribution is 7.13. The first-order valence-electron chi connectivity index (χ1n) is 13.1. The quantitative estimate of drug-likeness (QED) is 0.483. The third-order valence-electron chi connectivity index (χ3n) is 7.11. The topological polar surface area (TPSA) is 86.3 Å². The Morgan fingerprint density at radius 2 is 2.03 bits per heavy atom. The smallest absolute Gasteiger partial charge is 0.273 e. The molecule has 0 radical (unpaired) electrons. The van der Waals surface area contributed by atoms with Gasteiger partial charge in [0.15, 0.2) is 0 Å². The number of rotatable bonds is 7. The summed E-state index contributed by atoms with van der Waals surface area (Å²) in [6.45, 7) is 4.75. The van der Waals surface area contributed by atoms with Crippen LogP contribution in [0.15, 0.2) is 24.4 Å². The van der Waals surface area contributed by atoms with Gasteiger partial charge in [0.2, 0.25) is 5.91 Å². The number of nitrogens with two attached hydrogens (primary N) is 1. The Hall–Kier alpha value is -2.52. The Morgan fingerprint density at radius 3 is 2.78 bits per heavy atom. The van der Waals surface area contributed by atoms with Crippen LogP contribution >= 0.6 is 11.3 Å². The molecule has 3 heterocycles. The molecular formula is C27H38FN5O2S. The zero-order chi connectivity index (χ0) is 25.5. The van der Waals surface area contributed by atoms with E-state index >= 15 is 0 Å². The molecule has 1 aromatic carbocycles. The highest BCUT2D eigenvalue weighted by atomic mass is 32.1. The lowest BCUT2D eigenvalue weighted by Gasteiger charge is -2.26. The van der Waals surface area contributed by atoms with Gasteiger partial charge in [0.25, 0.3) is 5.19 Å². The van der Waals surface area contributed by atoms with Crippen molar-refractivity contribution in [1.82, 2.24) is 19.7 Å². The molecule has 0 saturated heterocycles. The Morgan fingerprint density at radius 1 is 1.25 bits per heavy atom. The Bertz CT molecular complexity index is 1120. The van der Waals surface area contributed by atoms with Crippen molar-refractivity contribution in [3.63, 3.8) is 0 Å². The molecule has 1 atom stereocenters. The number of alkyl halides is 1. The fourth-order valence-electron chi connectivity index (χ4n) is 5.08. The number of ether oxygens (including phenoxy) is 1. The zero-order valence-corrected chi connectivity index (χ0v) is 22.2. The van der Waals surface area contributed by atoms with Crippen molar-refractivity contribution in [3.8, 4) is 5.19 Å². The number of aromatic nitrogens is 3. The maximum absolute atomic E-state index is 12.6. The summed E-state index contributed by atoms with van der Waals surface area (Å²) in [5.41, 5.74) is 7.70. The van der Waals surface area contributed by atoms with Crippen LogP contribution in [0, 0.1) is 5.92 Å². The van der Waals surface area contributed by atoms with Gasteiger partial charge >= 0.3 is 0 Å². The summed E-state index contributed by atoms with van der Waals surface area (Å²) in [5.74, 6) is 0.542. The van der Waals surface area contributed by atoms with Crippen LogP contribution in [0.2, 0.25) is 0 Å². The summed E-state index contributed by atoms with van der Waals surface area (Å²) < 4.78 is 19.7. The van der Waals surface area contributed by atoms with Crippen LogP contribution in [-0.2, 0) is 19.9 Å². The number of primary amides is 1. The number of halogens is 1. The highest BCUT2D eigenvalue weighted by Gasteiger charge is 2.21. The van der Waals surface area contributed by atoms with E-state index in [9.17, 15) is 9.18 Å². The standard InChI is InChI=1S/C18H29FN2OS.C9H9N3O/c1-14(13-19)22-18-20-16-8-11-21(12-9-17(16)23-18)10-7-15-5-3-2-4-6-15;1-12-5-7-6(9(10)13)3-2-4-8(7)11-12/h14-15H,2-13H2,1H3;2-5H,1H3,(H2,10,13). The van der Waals surface area contributed by atoms with Gasteiger partial charge in [-0.25, -0.2) is 9.37 Å². The van der Waals surface area contributed by atoms with Gasteiger partial charge in [-0.1, -0.05) is 49.5 Å². The molecule has 1 unspecified atom stereocenters. The predicted octanol–water partition coefficient (Wildman–Crippen LogP) is 4.92. The first-order valence-corrected chi connectivity index (χ1v) is 13.9. The second-order valence-electron chi connectivity index (χ2n) is 9.97. The zero-order valence-electron chi connectivity index (χ0n) is 21.4. The van der Waals surface area contributed by atoms with Gasteiger partial charge in [0, 0.05) is 43.0 Å². The van der Waals surface area contributed by atoms with E-state index in [-0.39, 0.29) is 0 Å². The minimum Gasteiger partial charge on any atom is -0.464 e. The third kappa shape index (κ3) is 7.03. The molecule has 3 aromatic rings. The summed E-state index contributed by atoms with van der Waals surface area (Å²) in [6.07, 6.45) is 12.0. The second-order valence-corrected chi connectivity index (χ2v) is 11.0. The van der Waals surface area contributed by atoms with Gasteiger partial charge in [-0.15, -0.1) is 0 Å². The monoisotopic (exact) mass is 515 g/mol. The number of fused-ring (bicyclic) bond motifs is 2. The van der Waals surface area contributed by atoms with Crippen LogP contribution in [0.25, 0.3) is 10.9 Å². The van der Waals surface area contributed by atoms with Crippen molar-refractivity contribution >= 4 is 28.1 Å². The summed E-state index contributed by atoms with van der Waals surface area (Å²) in [7, 11) is 1.81. The number of aryl methyl sites for hydroxylation is 1. The van der Waals surface area contributed by atoms with E-state index in [1.807, 2.05) is 13.1 Å². The molecule has 1 fully saturated rings. The van der Waals surface area contributed by atoms with Gasteiger partial charge in [-0.2, -0.15) is 5.10 Å². The van der Waals surface area contributed by atoms with Crippen LogP contribution in [-0.4, -0.2) is 58.0 Å². The summed E-state index contributed by atoms with van der Waals surface area (Å²) >= 11 is 1.61. The molecule has 0 bridgehead atoms. The van der Waals surface area contributed by atoms with Crippen LogP contribution in [0.5, 0.6) is 5.19 Å². The molecule has 7 nitrogen and oxygen atoms in total. The SMILES string of the molecule is CC(CF)Oc1nc2c(s1)CCN(CCC1CCCCC1)CC2.Cn1cc2c(C(N)=O)cccc2n1. The van der Waals surface area contributed by atoms with Gasteiger partial charge in [0.05, 0.1) is 16.8 Å². The first kappa shape index (κ1) is 26.5. The largest absolute Gasteiger partial charge is 0.464 e. The molecule has 2 aliphatic rings. The average Bonchev–Trinajstić information content (AvgIpc) is 3.40. The number of hydrogen-bond acceptors (Lipinski definition) is 6. The summed E-state index contributed by atoms with van der Waals surface area (Å²) in [5, 5.41) is 5.62. The first-order chi connectivity index (χ1) is 17.4. The molecule has 36 heavy (non-hydrogen) atoms. The lowest BCUT2D eigenvalue weighted by Crippen LogP contribution is -2.29. The number of carbonyl (C=O) groups excluding carboxylic acids is 1. The fourth-order valence-corrected chi connectivity index (χ4v) is 6.12.